The summed E-state index contributed by atoms with van der Waals surface area (Å²) in [6.07, 6.45) is 4.80. The maximum Gasteiger partial charge on any atom is 0.323 e. The highest BCUT2D eigenvalue weighted by Crippen LogP contribution is 2.35. The summed E-state index contributed by atoms with van der Waals surface area (Å²) < 4.78 is 16.5. The molecular weight excluding hydrogens is 889 g/mol. The van der Waals surface area contributed by atoms with Crippen molar-refractivity contribution in [1.82, 2.24) is 19.8 Å². The van der Waals surface area contributed by atoms with Gasteiger partial charge in [-0.25, -0.2) is 9.59 Å². The molecule has 2 aliphatic heterocycles. The zero-order valence-electron chi connectivity index (χ0n) is 40.3. The van der Waals surface area contributed by atoms with E-state index >= 15 is 0 Å². The van der Waals surface area contributed by atoms with E-state index in [0.29, 0.717) is 18.0 Å². The first-order valence-electron chi connectivity index (χ1n) is 24.4. The highest BCUT2D eigenvalue weighted by molar-refractivity contribution is 6.11. The number of morpholine rings is 2. The van der Waals surface area contributed by atoms with Gasteiger partial charge in [0, 0.05) is 79.2 Å². The molecule has 0 saturated carbocycles. The van der Waals surface area contributed by atoms with Crippen LogP contribution in [0.1, 0.15) is 30.8 Å². The molecule has 6 aromatic carbocycles. The van der Waals surface area contributed by atoms with Gasteiger partial charge in [-0.05, 0) is 89.3 Å². The Hall–Kier alpha value is -7.68. The molecule has 13 nitrogen and oxygen atoms in total. The monoisotopic (exact) mass is 948 g/mol. The number of fused-ring (bicyclic) bond motifs is 2. The number of benzene rings is 6. The van der Waals surface area contributed by atoms with E-state index in [0.717, 1.165) is 144 Å². The minimum atomic E-state index is -0.325. The van der Waals surface area contributed by atoms with Crippen LogP contribution in [0.5, 0.6) is 5.75 Å². The van der Waals surface area contributed by atoms with Gasteiger partial charge in [0.2, 0.25) is 0 Å². The number of pyridine rings is 2. The number of nitrogens with zero attached hydrogens (tertiary/aromatic N) is 4. The highest BCUT2D eigenvalue weighted by atomic mass is 16.5. The van der Waals surface area contributed by atoms with Crippen LogP contribution >= 0.6 is 0 Å². The summed E-state index contributed by atoms with van der Waals surface area (Å²) in [5.41, 5.74) is 10.5. The van der Waals surface area contributed by atoms with Crippen molar-refractivity contribution in [2.24, 2.45) is 0 Å². The van der Waals surface area contributed by atoms with Crippen molar-refractivity contribution >= 4 is 56.4 Å². The molecule has 2 fully saturated rings. The van der Waals surface area contributed by atoms with Crippen molar-refractivity contribution in [3.8, 4) is 28.0 Å². The third-order valence-electron chi connectivity index (χ3n) is 12.6. The predicted molar refractivity (Wildman–Crippen MR) is 285 cm³/mol. The number of rotatable bonds is 13. The number of urea groups is 2. The third kappa shape index (κ3) is 12.6. The first-order valence-corrected chi connectivity index (χ1v) is 24.4. The van der Waals surface area contributed by atoms with Gasteiger partial charge >= 0.3 is 12.1 Å². The van der Waals surface area contributed by atoms with Gasteiger partial charge in [-0.15, -0.1) is 0 Å². The van der Waals surface area contributed by atoms with E-state index in [1.807, 2.05) is 122 Å². The fourth-order valence-electron chi connectivity index (χ4n) is 8.93. The van der Waals surface area contributed by atoms with E-state index in [4.69, 9.17) is 24.2 Å². The number of ether oxygens (including phenoxy) is 3. The summed E-state index contributed by atoms with van der Waals surface area (Å²) in [4.78, 5) is 39.8. The van der Waals surface area contributed by atoms with Crippen molar-refractivity contribution in [1.29, 1.82) is 0 Å². The van der Waals surface area contributed by atoms with Crippen LogP contribution in [0.15, 0.2) is 158 Å². The van der Waals surface area contributed by atoms with Gasteiger partial charge in [-0.3, -0.25) is 19.8 Å². The summed E-state index contributed by atoms with van der Waals surface area (Å²) >= 11 is 0. The smallest absolute Gasteiger partial charge is 0.323 e. The molecule has 4 amide bonds. The zero-order chi connectivity index (χ0) is 48.8. The largest absolute Gasteiger partial charge is 0.492 e. The Morgan fingerprint density at radius 3 is 1.52 bits per heavy atom. The first kappa shape index (κ1) is 48.3. The molecule has 362 valence electrons. The summed E-state index contributed by atoms with van der Waals surface area (Å²) in [5.74, 6) is 0.639. The second kappa shape index (κ2) is 23.8. The van der Waals surface area contributed by atoms with E-state index < -0.39 is 0 Å². The number of anilines is 4. The molecule has 13 heteroatoms. The van der Waals surface area contributed by atoms with Crippen LogP contribution < -0.4 is 26.0 Å². The number of aromatic nitrogens is 2. The number of aryl methyl sites for hydroxylation is 1. The van der Waals surface area contributed by atoms with Crippen molar-refractivity contribution in [2.45, 2.75) is 33.4 Å². The molecule has 71 heavy (non-hydrogen) atoms. The number of carbonyl (C=O) groups excluding carboxylic acids is 2. The normalized spacial score (nSPS) is 14.0. The van der Waals surface area contributed by atoms with Crippen molar-refractivity contribution in [3.05, 3.63) is 175 Å². The number of nitrogens with one attached hydrogen (secondary N) is 4. The van der Waals surface area contributed by atoms with E-state index in [1.165, 1.54) is 5.56 Å². The third-order valence-corrected chi connectivity index (χ3v) is 12.6. The van der Waals surface area contributed by atoms with Crippen molar-refractivity contribution in [2.75, 3.05) is 80.5 Å². The molecule has 0 spiro atoms. The summed E-state index contributed by atoms with van der Waals surface area (Å²) in [6.45, 7) is 13.1. The minimum Gasteiger partial charge on any atom is -0.492 e. The van der Waals surface area contributed by atoms with Crippen molar-refractivity contribution < 1.29 is 23.8 Å². The Balaban J connectivity index is 0.000000176. The van der Waals surface area contributed by atoms with Crippen LogP contribution in [-0.4, -0.2) is 91.0 Å². The Labute approximate surface area is 415 Å². The minimum absolute atomic E-state index is 0.259. The molecule has 8 aromatic rings. The van der Waals surface area contributed by atoms with E-state index in [9.17, 15) is 9.59 Å². The fourth-order valence-corrected chi connectivity index (χ4v) is 8.93. The van der Waals surface area contributed by atoms with Crippen LogP contribution in [0.2, 0.25) is 0 Å². The second-order valence-corrected chi connectivity index (χ2v) is 17.4. The maximum atomic E-state index is 12.8. The highest BCUT2D eigenvalue weighted by Gasteiger charge is 2.16. The van der Waals surface area contributed by atoms with Gasteiger partial charge < -0.3 is 35.5 Å². The molecule has 2 saturated heterocycles. The molecule has 0 unspecified atom stereocenters. The molecule has 0 bridgehead atoms. The van der Waals surface area contributed by atoms with Crippen molar-refractivity contribution in [3.63, 3.8) is 0 Å². The van der Waals surface area contributed by atoms with Gasteiger partial charge in [-0.1, -0.05) is 104 Å². The molecule has 4 N–H and O–H groups in total. The predicted octanol–water partition coefficient (Wildman–Crippen LogP) is 11.7. The Morgan fingerprint density at radius 2 is 1.01 bits per heavy atom. The SMILES string of the molecule is CCOc1ccccc1NC(=O)Nc1ccc(-c2ccc(CN3CCOCC3)nc2)c2ccccc12.CCc1cccc(NC(=O)Nc2ccc(-c3ccc(CN4CCOCC4)nc3)c3ccccc23)c1. The van der Waals surface area contributed by atoms with Crippen LogP contribution in [0.3, 0.4) is 0 Å². The molecule has 10 rings (SSSR count). The average molecular weight is 949 g/mol. The lowest BCUT2D eigenvalue weighted by Gasteiger charge is -2.26. The van der Waals surface area contributed by atoms with Gasteiger partial charge in [-0.2, -0.15) is 0 Å². The standard InChI is InChI=1S/C29H30N4O3.C29H30N4O2/c1-2-36-28-10-6-5-9-27(28)32-29(34)31-26-14-13-23(24-7-3-4-8-25(24)26)21-11-12-22(30-19-21)20-33-15-17-35-18-16-33;1-2-21-6-5-7-23(18-21)31-29(34)32-28-13-12-25(26-8-3-4-9-27(26)28)22-10-11-24(30-19-22)20-33-14-16-35-17-15-33/h3-14,19H,2,15-18,20H2,1H3,(H2,31,32,34);3-13,18-19H,2,14-17,20H2,1H3,(H2,31,32,34). The number of hydrogen-bond donors (Lipinski definition) is 4. The molecule has 2 aromatic heterocycles. The number of carbonyl (C=O) groups is 2. The van der Waals surface area contributed by atoms with Crippen LogP contribution in [0.25, 0.3) is 43.8 Å². The Kier molecular flexibility index (Phi) is 16.2. The van der Waals surface area contributed by atoms with E-state index in [2.05, 4.69) is 80.5 Å². The van der Waals surface area contributed by atoms with E-state index in [1.54, 1.807) is 0 Å². The zero-order valence-corrected chi connectivity index (χ0v) is 40.3. The molecule has 2 aliphatic rings. The van der Waals surface area contributed by atoms with Gasteiger partial charge in [0.25, 0.3) is 0 Å². The maximum absolute atomic E-state index is 12.8. The average Bonchev–Trinajstić information content (AvgIpc) is 3.41. The van der Waals surface area contributed by atoms with E-state index in [-0.39, 0.29) is 12.1 Å². The number of amides is 4. The molecule has 0 aliphatic carbocycles. The molecular formula is C58H60N8O5. The quantitative estimate of drug-likeness (QED) is 0.0888. The van der Waals surface area contributed by atoms with Crippen LogP contribution in [0.4, 0.5) is 32.3 Å². The lowest BCUT2D eigenvalue weighted by molar-refractivity contribution is 0.0336. The topological polar surface area (TPSA) is 142 Å². The summed E-state index contributed by atoms with van der Waals surface area (Å²) in [7, 11) is 0. The fraction of sp³-hybridized carbons (Fsp3) is 0.241. The second-order valence-electron chi connectivity index (χ2n) is 17.4. The Morgan fingerprint density at radius 1 is 0.521 bits per heavy atom. The molecule has 0 radical (unpaired) electrons. The van der Waals surface area contributed by atoms with Gasteiger partial charge in [0.05, 0.1) is 61.5 Å². The Bertz CT molecular complexity index is 3060. The lowest BCUT2D eigenvalue weighted by Crippen LogP contribution is -2.35. The van der Waals surface area contributed by atoms with Crippen LogP contribution in [-0.2, 0) is 29.0 Å². The lowest BCUT2D eigenvalue weighted by atomic mass is 9.98. The number of para-hydroxylation sites is 2. The number of hydrogen-bond acceptors (Lipinski definition) is 9. The summed E-state index contributed by atoms with van der Waals surface area (Å²) in [6, 6.07) is 47.3. The van der Waals surface area contributed by atoms with Gasteiger partial charge in [0.15, 0.2) is 0 Å². The van der Waals surface area contributed by atoms with Crippen LogP contribution in [0, 0.1) is 0 Å². The molecule has 0 atom stereocenters. The first-order chi connectivity index (χ1) is 34.9. The molecule has 4 heterocycles. The summed E-state index contributed by atoms with van der Waals surface area (Å²) in [5, 5.41) is 15.9. The van der Waals surface area contributed by atoms with Gasteiger partial charge in [0.1, 0.15) is 5.75 Å².